The zero-order valence-corrected chi connectivity index (χ0v) is 19.2. The molecule has 1 atom stereocenters. The number of halogens is 3. The molecule has 0 bridgehead atoms. The summed E-state index contributed by atoms with van der Waals surface area (Å²) >= 11 is 0. The van der Waals surface area contributed by atoms with Gasteiger partial charge in [-0.2, -0.15) is 18.4 Å². The number of benzene rings is 1. The zero-order chi connectivity index (χ0) is 24.5. The highest BCUT2D eigenvalue weighted by Gasteiger charge is 2.50. The number of likely N-dealkylation sites (tertiary alicyclic amines) is 1. The monoisotopic (exact) mass is 478 g/mol. The number of nitrogens with zero attached hydrogens (tertiary/aromatic N) is 3. The number of nitriles is 1. The van der Waals surface area contributed by atoms with E-state index in [1.54, 1.807) is 24.1 Å². The van der Waals surface area contributed by atoms with Gasteiger partial charge in [0.05, 0.1) is 17.2 Å². The van der Waals surface area contributed by atoms with Gasteiger partial charge in [-0.05, 0) is 55.7 Å². The van der Waals surface area contributed by atoms with Crippen LogP contribution in [0.5, 0.6) is 0 Å². The summed E-state index contributed by atoms with van der Waals surface area (Å²) in [5, 5.41) is 11.7. The molecule has 1 spiro atoms. The number of piperidine rings is 1. The van der Waals surface area contributed by atoms with Crippen LogP contribution in [-0.2, 0) is 20.5 Å². The van der Waals surface area contributed by atoms with Crippen molar-refractivity contribution in [2.75, 3.05) is 44.8 Å². The molecule has 1 unspecified atom stereocenters. The molecule has 34 heavy (non-hydrogen) atoms. The van der Waals surface area contributed by atoms with Crippen molar-refractivity contribution in [2.24, 2.45) is 11.3 Å². The number of rotatable bonds is 3. The molecule has 184 valence electrons. The lowest BCUT2D eigenvalue weighted by molar-refractivity contribution is -0.144. The second-order valence-electron chi connectivity index (χ2n) is 9.51. The maximum Gasteiger partial charge on any atom is 0.417 e. The second kappa shape index (κ2) is 9.45. The van der Waals surface area contributed by atoms with Crippen LogP contribution in [0.1, 0.15) is 43.2 Å². The Hall–Kier alpha value is -2.80. The van der Waals surface area contributed by atoms with Crippen LogP contribution in [0.3, 0.4) is 0 Å². The van der Waals surface area contributed by atoms with Gasteiger partial charge in [-0.15, -0.1) is 0 Å². The van der Waals surface area contributed by atoms with E-state index in [9.17, 15) is 22.8 Å². The highest BCUT2D eigenvalue weighted by atomic mass is 19.4. The Balaban J connectivity index is 1.49. The van der Waals surface area contributed by atoms with Crippen LogP contribution in [0.25, 0.3) is 0 Å². The van der Waals surface area contributed by atoms with Gasteiger partial charge in [0.2, 0.25) is 11.8 Å². The molecule has 0 radical (unpaired) electrons. The zero-order valence-electron chi connectivity index (χ0n) is 19.2. The lowest BCUT2D eigenvalue weighted by Crippen LogP contribution is -2.48. The second-order valence-corrected chi connectivity index (χ2v) is 9.51. The van der Waals surface area contributed by atoms with Crippen molar-refractivity contribution in [1.29, 1.82) is 5.26 Å². The first kappa shape index (κ1) is 24.3. The first-order valence-electron chi connectivity index (χ1n) is 11.6. The first-order chi connectivity index (χ1) is 16.2. The minimum atomic E-state index is -4.60. The lowest BCUT2D eigenvalue weighted by Gasteiger charge is -2.40. The molecule has 0 aromatic heterocycles. The van der Waals surface area contributed by atoms with Gasteiger partial charge >= 0.3 is 6.18 Å². The van der Waals surface area contributed by atoms with Crippen LogP contribution in [-0.4, -0.2) is 62.7 Å². The Morgan fingerprint density at radius 3 is 2.47 bits per heavy atom. The smallest absolute Gasteiger partial charge is 0.381 e. The Bertz CT molecular complexity index is 977. The number of amides is 2. The average molecular weight is 479 g/mol. The fraction of sp³-hybridized carbons (Fsp3) is 0.625. The van der Waals surface area contributed by atoms with Crippen LogP contribution in [0.15, 0.2) is 18.2 Å². The molecule has 3 fully saturated rings. The van der Waals surface area contributed by atoms with Gasteiger partial charge in [-0.25, -0.2) is 0 Å². The molecular weight excluding hydrogens is 449 g/mol. The fourth-order valence-corrected chi connectivity index (χ4v) is 5.53. The summed E-state index contributed by atoms with van der Waals surface area (Å²) in [6.45, 7) is 2.60. The van der Waals surface area contributed by atoms with E-state index in [4.69, 9.17) is 10.00 Å². The first-order valence-corrected chi connectivity index (χ1v) is 11.6. The van der Waals surface area contributed by atoms with Gasteiger partial charge in [0.1, 0.15) is 6.04 Å². The van der Waals surface area contributed by atoms with Gasteiger partial charge in [0.15, 0.2) is 0 Å². The summed E-state index contributed by atoms with van der Waals surface area (Å²) < 4.78 is 45.6. The van der Waals surface area contributed by atoms with E-state index in [1.165, 1.54) is 6.07 Å². The number of likely N-dealkylation sites (N-methyl/N-ethyl adjacent to an activating group) is 1. The van der Waals surface area contributed by atoms with E-state index in [2.05, 4.69) is 5.32 Å². The molecule has 7 nitrogen and oxygen atoms in total. The van der Waals surface area contributed by atoms with E-state index >= 15 is 0 Å². The van der Waals surface area contributed by atoms with Crippen molar-refractivity contribution in [3.05, 3.63) is 29.3 Å². The SMILES string of the molecule is CNC(=O)C1CC2(CCN(c3ccc(C#N)c(C(F)(F)F)c3)CC2)CN1C(=O)C1CCOCC1. The van der Waals surface area contributed by atoms with Crippen LogP contribution in [0, 0.1) is 22.7 Å². The van der Waals surface area contributed by atoms with E-state index in [-0.39, 0.29) is 23.1 Å². The topological polar surface area (TPSA) is 85.7 Å². The summed E-state index contributed by atoms with van der Waals surface area (Å²) in [5.41, 5.74) is -1.14. The molecule has 2 amide bonds. The number of hydrogen-bond donors (Lipinski definition) is 1. The van der Waals surface area contributed by atoms with Crippen LogP contribution < -0.4 is 10.2 Å². The van der Waals surface area contributed by atoms with Crippen molar-refractivity contribution >= 4 is 17.5 Å². The number of hydrogen-bond acceptors (Lipinski definition) is 5. The molecular formula is C24H29F3N4O3. The quantitative estimate of drug-likeness (QED) is 0.722. The maximum absolute atomic E-state index is 13.4. The molecule has 0 aliphatic carbocycles. The van der Waals surface area contributed by atoms with Crippen molar-refractivity contribution < 1.29 is 27.5 Å². The van der Waals surface area contributed by atoms with Crippen LogP contribution in [0.4, 0.5) is 18.9 Å². The van der Waals surface area contributed by atoms with Crippen molar-refractivity contribution in [2.45, 2.75) is 44.3 Å². The Labute approximate surface area is 196 Å². The molecule has 1 aromatic rings. The summed E-state index contributed by atoms with van der Waals surface area (Å²) in [7, 11) is 1.57. The minimum absolute atomic E-state index is 0.00174. The Morgan fingerprint density at radius 2 is 1.88 bits per heavy atom. The normalized spacial score (nSPS) is 23.1. The minimum Gasteiger partial charge on any atom is -0.381 e. The summed E-state index contributed by atoms with van der Waals surface area (Å²) in [6.07, 6.45) is -1.42. The molecule has 3 heterocycles. The van der Waals surface area contributed by atoms with Gasteiger partial charge in [-0.1, -0.05) is 0 Å². The Kier molecular flexibility index (Phi) is 6.76. The van der Waals surface area contributed by atoms with Gasteiger partial charge < -0.3 is 19.9 Å². The predicted molar refractivity (Wildman–Crippen MR) is 118 cm³/mol. The third-order valence-corrected chi connectivity index (χ3v) is 7.53. The van der Waals surface area contributed by atoms with Crippen molar-refractivity contribution in [3.8, 4) is 6.07 Å². The number of nitrogens with one attached hydrogen (secondary N) is 1. The van der Waals surface area contributed by atoms with E-state index in [0.29, 0.717) is 70.6 Å². The third kappa shape index (κ3) is 4.71. The largest absolute Gasteiger partial charge is 0.417 e. The summed E-state index contributed by atoms with van der Waals surface area (Å²) in [6, 6.07) is 4.89. The van der Waals surface area contributed by atoms with Gasteiger partial charge in [-0.3, -0.25) is 9.59 Å². The van der Waals surface area contributed by atoms with E-state index < -0.39 is 23.3 Å². The third-order valence-electron chi connectivity index (χ3n) is 7.53. The molecule has 10 heteroatoms. The predicted octanol–water partition coefficient (Wildman–Crippen LogP) is 2.94. The number of carbonyl (C=O) groups excluding carboxylic acids is 2. The summed E-state index contributed by atoms with van der Waals surface area (Å²) in [5.74, 6) is -0.324. The van der Waals surface area contributed by atoms with Gasteiger partial charge in [0, 0.05) is 51.5 Å². The van der Waals surface area contributed by atoms with Crippen LogP contribution in [0.2, 0.25) is 0 Å². The molecule has 1 N–H and O–H groups in total. The fourth-order valence-electron chi connectivity index (χ4n) is 5.53. The number of anilines is 1. The molecule has 1 aromatic carbocycles. The lowest BCUT2D eigenvalue weighted by atomic mass is 9.76. The highest BCUT2D eigenvalue weighted by Crippen LogP contribution is 2.45. The van der Waals surface area contributed by atoms with E-state index in [1.807, 2.05) is 4.90 Å². The molecule has 3 aliphatic rings. The molecule has 3 aliphatic heterocycles. The number of ether oxygens (including phenoxy) is 1. The standard InChI is InChI=1S/C24H29F3N4O3/c1-29-21(32)20-13-23(15-31(20)22(33)16-4-10-34-11-5-16)6-8-30(9-7-23)18-3-2-17(14-28)19(12-18)24(25,26)27/h2-3,12,16,20H,4-11,13,15H2,1H3,(H,29,32). The molecule has 3 saturated heterocycles. The average Bonchev–Trinajstić information content (AvgIpc) is 3.22. The number of carbonyl (C=O) groups is 2. The maximum atomic E-state index is 13.4. The van der Waals surface area contributed by atoms with Crippen molar-refractivity contribution in [3.63, 3.8) is 0 Å². The van der Waals surface area contributed by atoms with E-state index in [0.717, 1.165) is 6.07 Å². The van der Waals surface area contributed by atoms with Gasteiger partial charge in [0.25, 0.3) is 0 Å². The number of alkyl halides is 3. The van der Waals surface area contributed by atoms with Crippen molar-refractivity contribution in [1.82, 2.24) is 10.2 Å². The molecule has 4 rings (SSSR count). The Morgan fingerprint density at radius 1 is 1.21 bits per heavy atom. The van der Waals surface area contributed by atoms with Crippen LogP contribution >= 0.6 is 0 Å². The highest BCUT2D eigenvalue weighted by molar-refractivity contribution is 5.89. The molecule has 0 saturated carbocycles. The summed E-state index contributed by atoms with van der Waals surface area (Å²) in [4.78, 5) is 29.5.